The Morgan fingerprint density at radius 3 is 2.48 bits per heavy atom. The van der Waals surface area contributed by atoms with Crippen molar-refractivity contribution in [2.75, 3.05) is 5.43 Å². The van der Waals surface area contributed by atoms with Crippen LogP contribution in [0.15, 0.2) is 70.2 Å². The molecule has 23 heavy (non-hydrogen) atoms. The molecule has 0 spiro atoms. The van der Waals surface area contributed by atoms with Crippen LogP contribution in [-0.4, -0.2) is 16.2 Å². The molecular formula is C17H12BrClN4. The van der Waals surface area contributed by atoms with Crippen molar-refractivity contribution in [3.63, 3.8) is 0 Å². The maximum absolute atomic E-state index is 6.07. The SMILES string of the molecule is Clc1cc(N/N=C\c2ccc(Br)cc2)nc(-c2ccccc2)n1. The van der Waals surface area contributed by atoms with Crippen LogP contribution in [0.25, 0.3) is 11.4 Å². The fourth-order valence-corrected chi connectivity index (χ4v) is 2.36. The third-order valence-corrected chi connectivity index (χ3v) is 3.71. The Morgan fingerprint density at radius 1 is 1.00 bits per heavy atom. The molecule has 0 fully saturated rings. The minimum atomic E-state index is 0.361. The highest BCUT2D eigenvalue weighted by Gasteiger charge is 2.04. The van der Waals surface area contributed by atoms with Gasteiger partial charge in [-0.2, -0.15) is 5.10 Å². The number of halogens is 2. The third kappa shape index (κ3) is 4.37. The molecule has 0 aliphatic carbocycles. The molecule has 0 bridgehead atoms. The lowest BCUT2D eigenvalue weighted by Crippen LogP contribution is -1.97. The van der Waals surface area contributed by atoms with Gasteiger partial charge in [-0.25, -0.2) is 9.97 Å². The molecule has 1 aromatic heterocycles. The van der Waals surface area contributed by atoms with Gasteiger partial charge in [0.05, 0.1) is 6.21 Å². The van der Waals surface area contributed by atoms with Crippen LogP contribution in [0.2, 0.25) is 5.15 Å². The molecular weight excluding hydrogens is 376 g/mol. The summed E-state index contributed by atoms with van der Waals surface area (Å²) in [4.78, 5) is 8.66. The summed E-state index contributed by atoms with van der Waals surface area (Å²) >= 11 is 9.46. The molecule has 2 aromatic carbocycles. The second-order valence-corrected chi connectivity index (χ2v) is 5.99. The average Bonchev–Trinajstić information content (AvgIpc) is 2.57. The van der Waals surface area contributed by atoms with Crippen molar-refractivity contribution in [3.05, 3.63) is 75.9 Å². The van der Waals surface area contributed by atoms with Gasteiger partial charge < -0.3 is 0 Å². The lowest BCUT2D eigenvalue weighted by molar-refractivity contribution is 1.15. The minimum absolute atomic E-state index is 0.361. The molecule has 0 unspecified atom stereocenters. The third-order valence-electron chi connectivity index (χ3n) is 2.99. The molecule has 0 saturated carbocycles. The minimum Gasteiger partial charge on any atom is -0.261 e. The first-order valence-corrected chi connectivity index (χ1v) is 8.02. The van der Waals surface area contributed by atoms with Gasteiger partial charge in [0.1, 0.15) is 5.15 Å². The summed E-state index contributed by atoms with van der Waals surface area (Å²) in [6.45, 7) is 0. The Hall–Kier alpha value is -2.24. The van der Waals surface area contributed by atoms with Crippen LogP contribution in [0.3, 0.4) is 0 Å². The summed E-state index contributed by atoms with van der Waals surface area (Å²) in [5, 5.41) is 4.54. The van der Waals surface area contributed by atoms with Crippen molar-refractivity contribution in [3.8, 4) is 11.4 Å². The van der Waals surface area contributed by atoms with E-state index in [0.717, 1.165) is 15.6 Å². The number of rotatable bonds is 4. The quantitative estimate of drug-likeness (QED) is 0.389. The first-order valence-electron chi connectivity index (χ1n) is 6.85. The normalized spacial score (nSPS) is 10.9. The molecule has 0 amide bonds. The molecule has 6 heteroatoms. The van der Waals surface area contributed by atoms with E-state index in [-0.39, 0.29) is 0 Å². The van der Waals surface area contributed by atoms with E-state index in [1.807, 2.05) is 54.6 Å². The number of nitrogens with one attached hydrogen (secondary N) is 1. The predicted octanol–water partition coefficient (Wildman–Crippen LogP) is 5.01. The highest BCUT2D eigenvalue weighted by atomic mass is 79.9. The van der Waals surface area contributed by atoms with E-state index in [1.54, 1.807) is 12.3 Å². The average molecular weight is 388 g/mol. The number of hydrogen-bond donors (Lipinski definition) is 1. The topological polar surface area (TPSA) is 50.2 Å². The number of aromatic nitrogens is 2. The molecule has 3 rings (SSSR count). The van der Waals surface area contributed by atoms with Gasteiger partial charge in [-0.15, -0.1) is 0 Å². The fourth-order valence-electron chi connectivity index (χ4n) is 1.91. The van der Waals surface area contributed by atoms with Gasteiger partial charge in [0, 0.05) is 16.1 Å². The Labute approximate surface area is 147 Å². The first-order chi connectivity index (χ1) is 11.2. The van der Waals surface area contributed by atoms with Crippen LogP contribution in [0.4, 0.5) is 5.82 Å². The zero-order valence-electron chi connectivity index (χ0n) is 11.9. The van der Waals surface area contributed by atoms with Crippen LogP contribution < -0.4 is 5.43 Å². The largest absolute Gasteiger partial charge is 0.261 e. The lowest BCUT2D eigenvalue weighted by Gasteiger charge is -2.04. The second kappa shape index (κ2) is 7.35. The van der Waals surface area contributed by atoms with E-state index in [4.69, 9.17) is 11.6 Å². The van der Waals surface area contributed by atoms with E-state index in [1.165, 1.54) is 0 Å². The number of nitrogens with zero attached hydrogens (tertiary/aromatic N) is 3. The summed E-state index contributed by atoms with van der Waals surface area (Å²) in [6.07, 6.45) is 1.71. The molecule has 1 N–H and O–H groups in total. The Morgan fingerprint density at radius 2 is 1.74 bits per heavy atom. The van der Waals surface area contributed by atoms with E-state index >= 15 is 0 Å². The Balaban J connectivity index is 1.78. The summed E-state index contributed by atoms with van der Waals surface area (Å²) in [5.74, 6) is 1.09. The maximum atomic E-state index is 6.07. The number of anilines is 1. The Kier molecular flexibility index (Phi) is 5.00. The van der Waals surface area contributed by atoms with Crippen LogP contribution in [0, 0.1) is 0 Å². The van der Waals surface area contributed by atoms with Gasteiger partial charge in [0.2, 0.25) is 0 Å². The summed E-state index contributed by atoms with van der Waals surface area (Å²) < 4.78 is 1.03. The van der Waals surface area contributed by atoms with Crippen LogP contribution in [0.1, 0.15) is 5.56 Å². The first kappa shape index (κ1) is 15.6. The van der Waals surface area contributed by atoms with Gasteiger partial charge in [-0.1, -0.05) is 70.0 Å². The summed E-state index contributed by atoms with van der Waals surface area (Å²) in [7, 11) is 0. The monoisotopic (exact) mass is 386 g/mol. The van der Waals surface area contributed by atoms with Crippen LogP contribution in [-0.2, 0) is 0 Å². The molecule has 0 aliphatic heterocycles. The van der Waals surface area contributed by atoms with E-state index in [9.17, 15) is 0 Å². The number of benzene rings is 2. The molecule has 0 atom stereocenters. The number of hydrogen-bond acceptors (Lipinski definition) is 4. The van der Waals surface area contributed by atoms with Crippen molar-refractivity contribution in [1.82, 2.24) is 9.97 Å². The smallest absolute Gasteiger partial charge is 0.163 e. The molecule has 0 saturated heterocycles. The molecule has 1 heterocycles. The standard InChI is InChI=1S/C17H12BrClN4/c18-14-8-6-12(7-9-14)11-20-23-16-10-15(19)21-17(22-16)13-4-2-1-3-5-13/h1-11H,(H,21,22,23)/b20-11-. The molecule has 114 valence electrons. The molecule has 0 radical (unpaired) electrons. The fraction of sp³-hybridized carbons (Fsp3) is 0. The van der Waals surface area contributed by atoms with Crippen molar-refractivity contribution >= 4 is 39.6 Å². The molecule has 0 aliphatic rings. The highest BCUT2D eigenvalue weighted by Crippen LogP contribution is 2.20. The zero-order chi connectivity index (χ0) is 16.1. The van der Waals surface area contributed by atoms with E-state index in [0.29, 0.717) is 16.8 Å². The predicted molar refractivity (Wildman–Crippen MR) is 97.8 cm³/mol. The van der Waals surface area contributed by atoms with E-state index in [2.05, 4.69) is 36.4 Å². The molecule has 3 aromatic rings. The Bertz CT molecular complexity index is 820. The lowest BCUT2D eigenvalue weighted by atomic mass is 10.2. The van der Waals surface area contributed by atoms with E-state index < -0.39 is 0 Å². The second-order valence-electron chi connectivity index (χ2n) is 4.69. The number of hydrazone groups is 1. The van der Waals surface area contributed by atoms with Gasteiger partial charge in [-0.05, 0) is 17.7 Å². The summed E-state index contributed by atoms with van der Waals surface area (Å²) in [5.41, 5.74) is 4.76. The zero-order valence-corrected chi connectivity index (χ0v) is 14.3. The summed E-state index contributed by atoms with van der Waals surface area (Å²) in [6, 6.07) is 19.1. The maximum Gasteiger partial charge on any atom is 0.163 e. The van der Waals surface area contributed by atoms with Crippen molar-refractivity contribution < 1.29 is 0 Å². The highest BCUT2D eigenvalue weighted by molar-refractivity contribution is 9.10. The van der Waals surface area contributed by atoms with Crippen molar-refractivity contribution in [2.45, 2.75) is 0 Å². The van der Waals surface area contributed by atoms with Gasteiger partial charge in [0.25, 0.3) is 0 Å². The molecule has 4 nitrogen and oxygen atoms in total. The van der Waals surface area contributed by atoms with Gasteiger partial charge in [0.15, 0.2) is 11.6 Å². The van der Waals surface area contributed by atoms with Gasteiger partial charge in [-0.3, -0.25) is 5.43 Å². The van der Waals surface area contributed by atoms with Crippen molar-refractivity contribution in [1.29, 1.82) is 0 Å². The van der Waals surface area contributed by atoms with Crippen LogP contribution in [0.5, 0.6) is 0 Å². The van der Waals surface area contributed by atoms with Gasteiger partial charge >= 0.3 is 0 Å². The van der Waals surface area contributed by atoms with Crippen molar-refractivity contribution in [2.24, 2.45) is 5.10 Å². The van der Waals surface area contributed by atoms with Crippen LogP contribution >= 0.6 is 27.5 Å².